The summed E-state index contributed by atoms with van der Waals surface area (Å²) in [6.07, 6.45) is 0. The lowest BCUT2D eigenvalue weighted by Crippen LogP contribution is -2.20. The number of halogens is 1. The van der Waals surface area contributed by atoms with Crippen molar-refractivity contribution in [3.63, 3.8) is 0 Å². The van der Waals surface area contributed by atoms with Gasteiger partial charge in [0.2, 0.25) is 0 Å². The second-order valence-electron chi connectivity index (χ2n) is 4.10. The third-order valence-corrected chi connectivity index (χ3v) is 4.59. The molecule has 0 aliphatic rings. The second-order valence-corrected chi connectivity index (χ2v) is 5.95. The topological polar surface area (TPSA) is 30.5 Å². The van der Waals surface area contributed by atoms with Crippen LogP contribution in [-0.4, -0.2) is 19.8 Å². The zero-order valence-corrected chi connectivity index (χ0v) is 13.8. The fourth-order valence-corrected chi connectivity index (χ4v) is 3.19. The highest BCUT2D eigenvalue weighted by Crippen LogP contribution is 2.26. The van der Waals surface area contributed by atoms with E-state index >= 15 is 0 Å². The van der Waals surface area contributed by atoms with Gasteiger partial charge < -0.3 is 14.8 Å². The van der Waals surface area contributed by atoms with Crippen molar-refractivity contribution in [3.05, 3.63) is 45.1 Å². The van der Waals surface area contributed by atoms with Crippen molar-refractivity contribution in [2.75, 3.05) is 19.8 Å². The number of hydrogen-bond donors (Lipinski definition) is 1. The molecule has 0 fully saturated rings. The number of hydrogen-bond acceptors (Lipinski definition) is 4. The van der Waals surface area contributed by atoms with Crippen LogP contribution in [0.25, 0.3) is 0 Å². The van der Waals surface area contributed by atoms with E-state index in [0.717, 1.165) is 29.1 Å². The van der Waals surface area contributed by atoms with E-state index in [2.05, 4.69) is 32.7 Å². The molecule has 2 rings (SSSR count). The van der Waals surface area contributed by atoms with Gasteiger partial charge in [-0.3, -0.25) is 0 Å². The van der Waals surface area contributed by atoms with Crippen LogP contribution in [0.2, 0.25) is 0 Å². The third-order valence-electron chi connectivity index (χ3n) is 2.66. The minimum Gasteiger partial charge on any atom is -0.490 e. The summed E-state index contributed by atoms with van der Waals surface area (Å²) < 4.78 is 12.4. The van der Waals surface area contributed by atoms with E-state index in [1.165, 1.54) is 4.88 Å². The molecule has 0 aliphatic heterocycles. The Morgan fingerprint density at radius 2 is 1.90 bits per heavy atom. The molecule has 1 heterocycles. The molecule has 0 bridgehead atoms. The highest BCUT2D eigenvalue weighted by molar-refractivity contribution is 9.10. The second kappa shape index (κ2) is 8.29. The third kappa shape index (κ3) is 4.51. The molecule has 0 spiro atoms. The van der Waals surface area contributed by atoms with E-state index < -0.39 is 0 Å². The number of para-hydroxylation sites is 2. The smallest absolute Gasteiger partial charge is 0.161 e. The van der Waals surface area contributed by atoms with Gasteiger partial charge in [0.1, 0.15) is 6.61 Å². The summed E-state index contributed by atoms with van der Waals surface area (Å²) >= 11 is 5.26. The van der Waals surface area contributed by atoms with Gasteiger partial charge >= 0.3 is 0 Å². The fraction of sp³-hybridized carbons (Fsp3) is 0.333. The first kappa shape index (κ1) is 15.4. The molecule has 3 nitrogen and oxygen atoms in total. The molecule has 0 atom stereocenters. The number of ether oxygens (including phenoxy) is 2. The van der Waals surface area contributed by atoms with Gasteiger partial charge in [0.05, 0.1) is 6.61 Å². The maximum absolute atomic E-state index is 5.74. The van der Waals surface area contributed by atoms with Crippen LogP contribution in [-0.2, 0) is 6.54 Å². The van der Waals surface area contributed by atoms with Crippen molar-refractivity contribution in [3.8, 4) is 11.5 Å². The van der Waals surface area contributed by atoms with E-state index in [9.17, 15) is 0 Å². The first-order chi connectivity index (χ1) is 9.81. The average molecular weight is 356 g/mol. The monoisotopic (exact) mass is 355 g/mol. The highest BCUT2D eigenvalue weighted by Gasteiger charge is 2.03. The molecule has 20 heavy (non-hydrogen) atoms. The summed E-state index contributed by atoms with van der Waals surface area (Å²) in [7, 11) is 0. The highest BCUT2D eigenvalue weighted by atomic mass is 79.9. The van der Waals surface area contributed by atoms with Crippen LogP contribution in [0, 0.1) is 0 Å². The minimum absolute atomic E-state index is 0.618. The average Bonchev–Trinajstić information content (AvgIpc) is 2.86. The predicted molar refractivity (Wildman–Crippen MR) is 86.8 cm³/mol. The van der Waals surface area contributed by atoms with Crippen LogP contribution in [0.4, 0.5) is 0 Å². The van der Waals surface area contributed by atoms with Crippen LogP contribution >= 0.6 is 27.3 Å². The van der Waals surface area contributed by atoms with Gasteiger partial charge in [0.15, 0.2) is 11.5 Å². The van der Waals surface area contributed by atoms with Gasteiger partial charge in [0, 0.05) is 22.4 Å². The van der Waals surface area contributed by atoms with Crippen molar-refractivity contribution < 1.29 is 9.47 Å². The molecule has 2 aromatic rings. The van der Waals surface area contributed by atoms with Crippen LogP contribution in [0.15, 0.2) is 40.2 Å². The molecule has 0 aliphatic carbocycles. The Morgan fingerprint density at radius 1 is 1.15 bits per heavy atom. The van der Waals surface area contributed by atoms with E-state index in [-0.39, 0.29) is 0 Å². The van der Waals surface area contributed by atoms with Crippen LogP contribution in [0.5, 0.6) is 11.5 Å². The Morgan fingerprint density at radius 3 is 2.55 bits per heavy atom. The Balaban J connectivity index is 1.72. The summed E-state index contributed by atoms with van der Waals surface area (Å²) in [6.45, 7) is 4.88. The molecule has 0 saturated heterocycles. The number of rotatable bonds is 8. The lowest BCUT2D eigenvalue weighted by Gasteiger charge is -2.11. The Labute approximate surface area is 132 Å². The van der Waals surface area contributed by atoms with E-state index in [4.69, 9.17) is 9.47 Å². The molecule has 0 saturated carbocycles. The van der Waals surface area contributed by atoms with Crippen LogP contribution in [0.1, 0.15) is 11.8 Å². The van der Waals surface area contributed by atoms with Crippen LogP contribution in [0.3, 0.4) is 0 Å². The first-order valence-electron chi connectivity index (χ1n) is 6.58. The normalized spacial score (nSPS) is 10.5. The van der Waals surface area contributed by atoms with Gasteiger partial charge in [0.25, 0.3) is 0 Å². The largest absolute Gasteiger partial charge is 0.490 e. The summed E-state index contributed by atoms with van der Waals surface area (Å²) in [4.78, 5) is 1.31. The summed E-state index contributed by atoms with van der Waals surface area (Å²) in [6, 6.07) is 9.82. The molecule has 0 amide bonds. The predicted octanol–water partition coefficient (Wildman–Crippen LogP) is 4.08. The van der Waals surface area contributed by atoms with Gasteiger partial charge in [-0.1, -0.05) is 12.1 Å². The van der Waals surface area contributed by atoms with Gasteiger partial charge in [-0.2, -0.15) is 0 Å². The van der Waals surface area contributed by atoms with Crippen molar-refractivity contribution in [2.24, 2.45) is 0 Å². The Hall–Kier alpha value is -1.04. The summed E-state index contributed by atoms with van der Waals surface area (Å²) in [5.74, 6) is 1.60. The molecular weight excluding hydrogens is 338 g/mol. The fourth-order valence-electron chi connectivity index (χ4n) is 1.73. The standard InChI is InChI=1S/C15H18BrNO2S/c1-2-18-13-5-3-4-6-14(13)19-9-8-17-11-15-12(16)7-10-20-15/h3-7,10,17H,2,8-9,11H2,1H3. The lowest BCUT2D eigenvalue weighted by molar-refractivity contribution is 0.275. The molecule has 1 aromatic heterocycles. The van der Waals surface area contributed by atoms with E-state index in [1.807, 2.05) is 31.2 Å². The molecule has 0 radical (unpaired) electrons. The van der Waals surface area contributed by atoms with E-state index in [1.54, 1.807) is 11.3 Å². The molecule has 1 aromatic carbocycles. The summed E-state index contributed by atoms with van der Waals surface area (Å²) in [5, 5.41) is 5.44. The number of thiophene rings is 1. The number of nitrogens with one attached hydrogen (secondary N) is 1. The van der Waals surface area contributed by atoms with E-state index in [0.29, 0.717) is 13.2 Å². The minimum atomic E-state index is 0.618. The number of benzene rings is 1. The van der Waals surface area contributed by atoms with Crippen molar-refractivity contribution in [1.29, 1.82) is 0 Å². The molecule has 0 unspecified atom stereocenters. The maximum Gasteiger partial charge on any atom is 0.161 e. The molecular formula is C15H18BrNO2S. The molecule has 108 valence electrons. The van der Waals surface area contributed by atoms with Crippen molar-refractivity contribution in [1.82, 2.24) is 5.32 Å². The summed E-state index contributed by atoms with van der Waals surface area (Å²) in [5.41, 5.74) is 0. The van der Waals surface area contributed by atoms with Gasteiger partial charge in [-0.25, -0.2) is 0 Å². The SMILES string of the molecule is CCOc1ccccc1OCCNCc1sccc1Br. The lowest BCUT2D eigenvalue weighted by atomic mass is 10.3. The molecule has 5 heteroatoms. The van der Waals surface area contributed by atoms with Crippen LogP contribution < -0.4 is 14.8 Å². The molecule has 1 N–H and O–H groups in total. The quantitative estimate of drug-likeness (QED) is 0.723. The Kier molecular flexibility index (Phi) is 6.36. The zero-order valence-electron chi connectivity index (χ0n) is 11.4. The zero-order chi connectivity index (χ0) is 14.2. The first-order valence-corrected chi connectivity index (χ1v) is 8.25. The maximum atomic E-state index is 5.74. The van der Waals surface area contributed by atoms with Gasteiger partial charge in [-0.05, 0) is 46.4 Å². The van der Waals surface area contributed by atoms with Crippen molar-refractivity contribution in [2.45, 2.75) is 13.5 Å². The van der Waals surface area contributed by atoms with Crippen molar-refractivity contribution >= 4 is 27.3 Å². The Bertz CT molecular complexity index is 530. The van der Waals surface area contributed by atoms with Gasteiger partial charge in [-0.15, -0.1) is 11.3 Å².